The van der Waals surface area contributed by atoms with E-state index in [0.29, 0.717) is 5.92 Å². The van der Waals surface area contributed by atoms with Crippen LogP contribution in [0.2, 0.25) is 0 Å². The highest BCUT2D eigenvalue weighted by Gasteiger charge is 2.22. The summed E-state index contributed by atoms with van der Waals surface area (Å²) in [5, 5.41) is 9.57. The molecule has 0 bridgehead atoms. The van der Waals surface area contributed by atoms with Crippen molar-refractivity contribution in [1.82, 2.24) is 9.97 Å². The molecule has 3 nitrogen and oxygen atoms in total. The highest BCUT2D eigenvalue weighted by atomic mass is 16.3. The molecule has 72 valence electrons. The summed E-state index contributed by atoms with van der Waals surface area (Å²) in [6.07, 6.45) is 4.64. The average molecular weight is 180 g/mol. The van der Waals surface area contributed by atoms with Gasteiger partial charge in [0.25, 0.3) is 0 Å². The molecule has 2 unspecified atom stereocenters. The zero-order chi connectivity index (χ0) is 9.84. The van der Waals surface area contributed by atoms with E-state index in [2.05, 4.69) is 23.8 Å². The SMILES string of the molecule is CC(C)C(c1cnccn1)C(C)O. The van der Waals surface area contributed by atoms with E-state index in [1.807, 2.05) is 0 Å². The molecule has 0 saturated heterocycles. The number of hydrogen-bond donors (Lipinski definition) is 1. The molecule has 0 saturated carbocycles. The average Bonchev–Trinajstić information content (AvgIpc) is 2.04. The van der Waals surface area contributed by atoms with E-state index >= 15 is 0 Å². The quantitative estimate of drug-likeness (QED) is 0.768. The van der Waals surface area contributed by atoms with Crippen molar-refractivity contribution in [3.05, 3.63) is 24.3 Å². The van der Waals surface area contributed by atoms with Gasteiger partial charge in [-0.15, -0.1) is 0 Å². The molecule has 1 aromatic heterocycles. The summed E-state index contributed by atoms with van der Waals surface area (Å²) in [4.78, 5) is 8.20. The molecule has 13 heavy (non-hydrogen) atoms. The largest absolute Gasteiger partial charge is 0.393 e. The number of rotatable bonds is 3. The van der Waals surface area contributed by atoms with Gasteiger partial charge in [0, 0.05) is 24.5 Å². The summed E-state index contributed by atoms with van der Waals surface area (Å²) < 4.78 is 0. The van der Waals surface area contributed by atoms with Crippen molar-refractivity contribution in [2.45, 2.75) is 32.8 Å². The van der Waals surface area contributed by atoms with Crippen LogP contribution >= 0.6 is 0 Å². The van der Waals surface area contributed by atoms with Crippen LogP contribution in [0.4, 0.5) is 0 Å². The van der Waals surface area contributed by atoms with Crippen LogP contribution in [0, 0.1) is 5.92 Å². The Bertz CT molecular complexity index is 238. The van der Waals surface area contributed by atoms with E-state index < -0.39 is 0 Å². The highest BCUT2D eigenvalue weighted by molar-refractivity contribution is 5.06. The van der Waals surface area contributed by atoms with Crippen LogP contribution in [-0.4, -0.2) is 21.2 Å². The van der Waals surface area contributed by atoms with E-state index in [-0.39, 0.29) is 12.0 Å². The Balaban J connectivity index is 2.89. The van der Waals surface area contributed by atoms with Crippen molar-refractivity contribution in [3.63, 3.8) is 0 Å². The maximum Gasteiger partial charge on any atom is 0.0645 e. The lowest BCUT2D eigenvalue weighted by Gasteiger charge is -2.22. The van der Waals surface area contributed by atoms with Gasteiger partial charge in [0.2, 0.25) is 0 Å². The van der Waals surface area contributed by atoms with Gasteiger partial charge in [-0.05, 0) is 12.8 Å². The summed E-state index contributed by atoms with van der Waals surface area (Å²) >= 11 is 0. The summed E-state index contributed by atoms with van der Waals surface area (Å²) in [5.41, 5.74) is 0.868. The zero-order valence-electron chi connectivity index (χ0n) is 8.31. The van der Waals surface area contributed by atoms with Gasteiger partial charge in [0.1, 0.15) is 0 Å². The predicted molar refractivity (Wildman–Crippen MR) is 51.3 cm³/mol. The van der Waals surface area contributed by atoms with Gasteiger partial charge in [-0.2, -0.15) is 0 Å². The Morgan fingerprint density at radius 1 is 1.23 bits per heavy atom. The molecular formula is C10H16N2O. The second-order valence-electron chi connectivity index (χ2n) is 3.64. The Labute approximate surface area is 78.9 Å². The van der Waals surface area contributed by atoms with Gasteiger partial charge < -0.3 is 5.11 Å². The Hall–Kier alpha value is -0.960. The van der Waals surface area contributed by atoms with Crippen molar-refractivity contribution in [3.8, 4) is 0 Å². The first kappa shape index (κ1) is 10.1. The molecule has 0 amide bonds. The molecule has 3 heteroatoms. The van der Waals surface area contributed by atoms with Gasteiger partial charge >= 0.3 is 0 Å². The fourth-order valence-corrected chi connectivity index (χ4v) is 1.63. The summed E-state index contributed by atoms with van der Waals surface area (Å²) in [7, 11) is 0. The third-order valence-corrected chi connectivity index (χ3v) is 2.16. The minimum Gasteiger partial charge on any atom is -0.393 e. The molecule has 0 radical (unpaired) electrons. The molecule has 1 heterocycles. The summed E-state index contributed by atoms with van der Waals surface area (Å²) in [6, 6.07) is 0. The van der Waals surface area contributed by atoms with Crippen LogP contribution in [0.15, 0.2) is 18.6 Å². The van der Waals surface area contributed by atoms with E-state index in [4.69, 9.17) is 0 Å². The van der Waals surface area contributed by atoms with Crippen molar-refractivity contribution in [2.75, 3.05) is 0 Å². The lowest BCUT2D eigenvalue weighted by atomic mass is 9.88. The van der Waals surface area contributed by atoms with Gasteiger partial charge in [-0.25, -0.2) is 0 Å². The summed E-state index contributed by atoms with van der Waals surface area (Å²) in [6.45, 7) is 5.94. The van der Waals surface area contributed by atoms with Gasteiger partial charge in [0.15, 0.2) is 0 Å². The van der Waals surface area contributed by atoms with Crippen molar-refractivity contribution >= 4 is 0 Å². The second kappa shape index (κ2) is 4.33. The standard InChI is InChI=1S/C10H16N2O/c1-7(2)10(8(3)13)9-6-11-4-5-12-9/h4-8,10,13H,1-3H3. The maximum atomic E-state index is 9.57. The molecule has 1 rings (SSSR count). The fourth-order valence-electron chi connectivity index (χ4n) is 1.63. The molecule has 2 atom stereocenters. The predicted octanol–water partition coefficient (Wildman–Crippen LogP) is 1.60. The number of aliphatic hydroxyl groups is 1. The molecule has 0 spiro atoms. The molecule has 0 fully saturated rings. The highest BCUT2D eigenvalue weighted by Crippen LogP contribution is 2.25. The Morgan fingerprint density at radius 2 is 1.92 bits per heavy atom. The van der Waals surface area contributed by atoms with Crippen molar-refractivity contribution < 1.29 is 5.11 Å². The molecule has 1 N–H and O–H groups in total. The van der Waals surface area contributed by atoms with Crippen LogP contribution in [0.25, 0.3) is 0 Å². The normalized spacial score (nSPS) is 15.8. The first-order chi connectivity index (χ1) is 6.13. The van der Waals surface area contributed by atoms with Crippen LogP contribution in [0.5, 0.6) is 0 Å². The van der Waals surface area contributed by atoms with Gasteiger partial charge in [-0.3, -0.25) is 9.97 Å². The molecular weight excluding hydrogens is 164 g/mol. The van der Waals surface area contributed by atoms with E-state index in [1.54, 1.807) is 25.5 Å². The van der Waals surface area contributed by atoms with Crippen LogP contribution < -0.4 is 0 Å². The number of aromatic nitrogens is 2. The number of aliphatic hydroxyl groups excluding tert-OH is 1. The summed E-state index contributed by atoms with van der Waals surface area (Å²) in [5.74, 6) is 0.449. The van der Waals surface area contributed by atoms with Gasteiger partial charge in [0.05, 0.1) is 11.8 Å². The third-order valence-electron chi connectivity index (χ3n) is 2.16. The minimum absolute atomic E-state index is 0.0775. The van der Waals surface area contributed by atoms with E-state index in [1.165, 1.54) is 0 Å². The van der Waals surface area contributed by atoms with E-state index in [9.17, 15) is 5.11 Å². The van der Waals surface area contributed by atoms with Crippen LogP contribution in [-0.2, 0) is 0 Å². The Morgan fingerprint density at radius 3 is 2.31 bits per heavy atom. The minimum atomic E-state index is -0.378. The Kier molecular flexibility index (Phi) is 3.37. The molecule has 1 aromatic rings. The second-order valence-corrected chi connectivity index (χ2v) is 3.64. The van der Waals surface area contributed by atoms with Crippen LogP contribution in [0.3, 0.4) is 0 Å². The smallest absolute Gasteiger partial charge is 0.0645 e. The van der Waals surface area contributed by atoms with E-state index in [0.717, 1.165) is 5.69 Å². The molecule has 0 aliphatic rings. The first-order valence-electron chi connectivity index (χ1n) is 4.57. The third kappa shape index (κ3) is 2.49. The lowest BCUT2D eigenvalue weighted by Crippen LogP contribution is -2.21. The number of nitrogens with zero attached hydrogens (tertiary/aromatic N) is 2. The lowest BCUT2D eigenvalue weighted by molar-refractivity contribution is 0.138. The van der Waals surface area contributed by atoms with Crippen LogP contribution in [0.1, 0.15) is 32.4 Å². The van der Waals surface area contributed by atoms with Gasteiger partial charge in [-0.1, -0.05) is 13.8 Å². The van der Waals surface area contributed by atoms with Crippen molar-refractivity contribution in [1.29, 1.82) is 0 Å². The zero-order valence-corrected chi connectivity index (χ0v) is 8.31. The molecule has 0 aromatic carbocycles. The topological polar surface area (TPSA) is 46.0 Å². The molecule has 0 aliphatic carbocycles. The first-order valence-corrected chi connectivity index (χ1v) is 4.57. The molecule has 0 aliphatic heterocycles. The monoisotopic (exact) mass is 180 g/mol. The fraction of sp³-hybridized carbons (Fsp3) is 0.600. The van der Waals surface area contributed by atoms with Crippen molar-refractivity contribution in [2.24, 2.45) is 5.92 Å². The number of hydrogen-bond acceptors (Lipinski definition) is 3. The maximum absolute atomic E-state index is 9.57.